The Morgan fingerprint density at radius 1 is 0.973 bits per heavy atom. The lowest BCUT2D eigenvalue weighted by Gasteiger charge is -2.32. The molecule has 9 nitrogen and oxygen atoms in total. The summed E-state index contributed by atoms with van der Waals surface area (Å²) in [5, 5.41) is 0. The molecule has 2 amide bonds. The van der Waals surface area contributed by atoms with Crippen molar-refractivity contribution in [1.29, 1.82) is 0 Å². The summed E-state index contributed by atoms with van der Waals surface area (Å²) in [6.07, 6.45) is 0.496. The molecule has 0 N–H and O–H groups in total. The van der Waals surface area contributed by atoms with E-state index in [4.69, 9.17) is 0 Å². The van der Waals surface area contributed by atoms with Crippen LogP contribution in [0.4, 0.5) is 0 Å². The molecule has 1 aliphatic carbocycles. The Labute approximate surface area is 221 Å². The fourth-order valence-electron chi connectivity index (χ4n) is 6.51. The van der Waals surface area contributed by atoms with Crippen LogP contribution in [0, 0.1) is 23.7 Å². The molecule has 0 spiro atoms. The zero-order valence-corrected chi connectivity index (χ0v) is 23.5. The molecule has 5 rings (SSSR count). The molecule has 6 atom stereocenters. The number of fused-ring (bicyclic) bond motifs is 1. The number of piperazine rings is 1. The molecule has 1 unspecified atom stereocenters. The number of likely N-dealkylation sites (tertiary alicyclic amines) is 1. The van der Waals surface area contributed by atoms with Crippen LogP contribution in [0.5, 0.6) is 0 Å². The molecule has 4 fully saturated rings. The third kappa shape index (κ3) is 4.87. The second-order valence-electron chi connectivity index (χ2n) is 11.7. The lowest BCUT2D eigenvalue weighted by atomic mass is 10.0. The summed E-state index contributed by atoms with van der Waals surface area (Å²) in [4.78, 5) is 32.4. The van der Waals surface area contributed by atoms with Gasteiger partial charge in [-0.05, 0) is 36.4 Å². The first-order valence-electron chi connectivity index (χ1n) is 13.6. The van der Waals surface area contributed by atoms with Gasteiger partial charge < -0.3 is 4.90 Å². The molecule has 0 radical (unpaired) electrons. The van der Waals surface area contributed by atoms with Gasteiger partial charge in [-0.25, -0.2) is 0 Å². The van der Waals surface area contributed by atoms with Gasteiger partial charge in [0.15, 0.2) is 0 Å². The van der Waals surface area contributed by atoms with Crippen molar-refractivity contribution in [2.75, 3.05) is 46.8 Å². The maximum Gasteiger partial charge on any atom is 0.282 e. The first-order valence-corrected chi connectivity index (χ1v) is 15.0. The summed E-state index contributed by atoms with van der Waals surface area (Å²) in [5.74, 6) is -0.455. The normalized spacial score (nSPS) is 33.4. The van der Waals surface area contributed by atoms with E-state index in [0.29, 0.717) is 13.0 Å². The van der Waals surface area contributed by atoms with Gasteiger partial charge in [-0.3, -0.25) is 19.4 Å². The summed E-state index contributed by atoms with van der Waals surface area (Å²) in [5.41, 5.74) is 2.15. The van der Waals surface area contributed by atoms with Crippen LogP contribution in [0.15, 0.2) is 24.3 Å². The zero-order chi connectivity index (χ0) is 26.6. The van der Waals surface area contributed by atoms with E-state index < -0.39 is 22.2 Å². The Hall–Kier alpha value is -1.85. The summed E-state index contributed by atoms with van der Waals surface area (Å²) >= 11 is 0. The van der Waals surface area contributed by atoms with Crippen molar-refractivity contribution in [2.45, 2.75) is 52.4 Å². The SMILES string of the molecule is C[C@@H]1C(=O)N(C(=O)C2[C@@H](C)[C@H]2C)[C@H]2CCN(S(=O)(=O)N(C)Cc3ccc(CN4CCN(C)CC4)cc3)[C@H]12. The van der Waals surface area contributed by atoms with E-state index in [1.807, 2.05) is 26.0 Å². The van der Waals surface area contributed by atoms with Crippen molar-refractivity contribution < 1.29 is 18.0 Å². The van der Waals surface area contributed by atoms with Crippen LogP contribution in [0.3, 0.4) is 0 Å². The van der Waals surface area contributed by atoms with Gasteiger partial charge in [0.05, 0.1) is 18.0 Å². The largest absolute Gasteiger partial charge is 0.304 e. The highest BCUT2D eigenvalue weighted by Crippen LogP contribution is 2.49. The number of carbonyl (C=O) groups is 2. The average molecular weight is 532 g/mol. The molecular formula is C27H41N5O4S. The second-order valence-corrected chi connectivity index (χ2v) is 13.7. The Bertz CT molecular complexity index is 1130. The van der Waals surface area contributed by atoms with Crippen molar-refractivity contribution in [3.8, 4) is 0 Å². The number of amides is 2. The van der Waals surface area contributed by atoms with E-state index in [2.05, 4.69) is 29.0 Å². The number of hydrogen-bond acceptors (Lipinski definition) is 6. The van der Waals surface area contributed by atoms with Gasteiger partial charge in [0, 0.05) is 58.8 Å². The van der Waals surface area contributed by atoms with Gasteiger partial charge in [-0.15, -0.1) is 0 Å². The lowest BCUT2D eigenvalue weighted by molar-refractivity contribution is -0.146. The highest BCUT2D eigenvalue weighted by molar-refractivity contribution is 7.86. The number of likely N-dealkylation sites (N-methyl/N-ethyl adjacent to an activating group) is 1. The van der Waals surface area contributed by atoms with E-state index in [0.717, 1.165) is 38.3 Å². The zero-order valence-electron chi connectivity index (χ0n) is 22.7. The summed E-state index contributed by atoms with van der Waals surface area (Å²) in [6, 6.07) is 7.31. The Morgan fingerprint density at radius 2 is 1.57 bits per heavy atom. The monoisotopic (exact) mass is 531 g/mol. The summed E-state index contributed by atoms with van der Waals surface area (Å²) in [6.45, 7) is 11.6. The van der Waals surface area contributed by atoms with Crippen LogP contribution in [0.25, 0.3) is 0 Å². The van der Waals surface area contributed by atoms with E-state index in [1.54, 1.807) is 14.0 Å². The molecule has 37 heavy (non-hydrogen) atoms. The highest BCUT2D eigenvalue weighted by Gasteiger charge is 2.60. The summed E-state index contributed by atoms with van der Waals surface area (Å²) < 4.78 is 30.1. The summed E-state index contributed by atoms with van der Waals surface area (Å²) in [7, 11) is -0.0536. The lowest BCUT2D eigenvalue weighted by Crippen LogP contribution is -2.48. The maximum atomic E-state index is 13.6. The Balaban J connectivity index is 1.23. The van der Waals surface area contributed by atoms with Crippen molar-refractivity contribution in [3.05, 3.63) is 35.4 Å². The number of imide groups is 1. The van der Waals surface area contributed by atoms with Crippen LogP contribution >= 0.6 is 0 Å². The number of hydrogen-bond donors (Lipinski definition) is 0. The molecule has 1 saturated carbocycles. The first kappa shape index (κ1) is 26.7. The molecule has 3 saturated heterocycles. The highest BCUT2D eigenvalue weighted by atomic mass is 32.2. The molecule has 4 aliphatic rings. The predicted octanol–water partition coefficient (Wildman–Crippen LogP) is 1.46. The first-order chi connectivity index (χ1) is 17.5. The topological polar surface area (TPSA) is 84.5 Å². The van der Waals surface area contributed by atoms with Crippen molar-refractivity contribution in [2.24, 2.45) is 23.7 Å². The van der Waals surface area contributed by atoms with E-state index in [1.165, 1.54) is 19.1 Å². The van der Waals surface area contributed by atoms with Gasteiger partial charge in [-0.1, -0.05) is 45.0 Å². The minimum Gasteiger partial charge on any atom is -0.304 e. The minimum absolute atomic E-state index is 0.117. The smallest absolute Gasteiger partial charge is 0.282 e. The maximum absolute atomic E-state index is 13.6. The van der Waals surface area contributed by atoms with Crippen molar-refractivity contribution in [1.82, 2.24) is 23.3 Å². The molecule has 10 heteroatoms. The van der Waals surface area contributed by atoms with Gasteiger partial charge in [-0.2, -0.15) is 17.0 Å². The third-order valence-electron chi connectivity index (χ3n) is 9.31. The molecule has 1 aromatic rings. The van der Waals surface area contributed by atoms with Gasteiger partial charge >= 0.3 is 0 Å². The van der Waals surface area contributed by atoms with Crippen LogP contribution in [-0.2, 0) is 32.9 Å². The molecule has 3 heterocycles. The Morgan fingerprint density at radius 3 is 2.16 bits per heavy atom. The van der Waals surface area contributed by atoms with E-state index in [9.17, 15) is 18.0 Å². The number of rotatable bonds is 7. The predicted molar refractivity (Wildman–Crippen MR) is 141 cm³/mol. The average Bonchev–Trinajstić information content (AvgIpc) is 3.17. The number of benzene rings is 1. The minimum atomic E-state index is -3.80. The molecule has 1 aromatic carbocycles. The van der Waals surface area contributed by atoms with Crippen LogP contribution < -0.4 is 0 Å². The second kappa shape index (κ2) is 10.0. The Kier molecular flexibility index (Phi) is 7.25. The molecule has 3 aliphatic heterocycles. The van der Waals surface area contributed by atoms with Crippen LogP contribution in [-0.4, -0.2) is 102 Å². The number of carbonyl (C=O) groups excluding carboxylic acids is 2. The van der Waals surface area contributed by atoms with Gasteiger partial charge in [0.25, 0.3) is 10.2 Å². The standard InChI is InChI=1S/C27H41N5O4S/c1-18-19(2)24(18)27(34)32-23-10-11-31(25(23)20(3)26(32)33)37(35,36)29(5)16-21-6-8-22(9-7-21)17-30-14-12-28(4)13-15-30/h6-9,18-20,23-25H,10-17H2,1-5H3/t18-,19+,20-,23-,24?,25+/m0/s1. The van der Waals surface area contributed by atoms with Crippen LogP contribution in [0.1, 0.15) is 38.3 Å². The van der Waals surface area contributed by atoms with Crippen molar-refractivity contribution in [3.63, 3.8) is 0 Å². The quantitative estimate of drug-likeness (QED) is 0.496. The van der Waals surface area contributed by atoms with Crippen LogP contribution in [0.2, 0.25) is 0 Å². The van der Waals surface area contributed by atoms with E-state index >= 15 is 0 Å². The van der Waals surface area contributed by atoms with Crippen molar-refractivity contribution >= 4 is 22.0 Å². The van der Waals surface area contributed by atoms with E-state index in [-0.39, 0.29) is 42.2 Å². The molecule has 204 valence electrons. The van der Waals surface area contributed by atoms with Gasteiger partial charge in [0.2, 0.25) is 11.8 Å². The molecular weight excluding hydrogens is 490 g/mol. The number of nitrogens with zero attached hydrogens (tertiary/aromatic N) is 5. The molecule has 0 aromatic heterocycles. The third-order valence-corrected chi connectivity index (χ3v) is 11.2. The fourth-order valence-corrected chi connectivity index (χ4v) is 8.15. The molecule has 0 bridgehead atoms. The van der Waals surface area contributed by atoms with Gasteiger partial charge in [0.1, 0.15) is 0 Å². The fraction of sp³-hybridized carbons (Fsp3) is 0.704.